The van der Waals surface area contributed by atoms with Crippen molar-refractivity contribution in [3.8, 4) is 0 Å². The summed E-state index contributed by atoms with van der Waals surface area (Å²) in [5, 5.41) is 0. The van der Waals surface area contributed by atoms with Crippen LogP contribution in [-0.2, 0) is 0 Å². The molecule has 0 aromatic rings. The van der Waals surface area contributed by atoms with Crippen LogP contribution >= 0.6 is 0 Å². The molecule has 10 heavy (non-hydrogen) atoms. The fourth-order valence-corrected chi connectivity index (χ4v) is 0.351. The van der Waals surface area contributed by atoms with E-state index in [2.05, 4.69) is 6.92 Å². The van der Waals surface area contributed by atoms with Crippen LogP contribution in [-0.4, -0.2) is 18.5 Å². The third kappa shape index (κ3) is 2.49. The quantitative estimate of drug-likeness (QED) is 0.545. The Balaban J connectivity index is 3.94. The Hall–Kier alpha value is -0.350. The van der Waals surface area contributed by atoms with Gasteiger partial charge in [0, 0.05) is 0 Å². The Labute approximate surface area is 55.0 Å². The van der Waals surface area contributed by atoms with E-state index >= 15 is 0 Å². The number of hydrogen-bond acceptors (Lipinski definition) is 0. The molecule has 0 nitrogen and oxygen atoms in total. The first-order chi connectivity index (χ1) is 4.39. The van der Waals surface area contributed by atoms with Crippen molar-refractivity contribution in [2.45, 2.75) is 24.9 Å². The number of halogens is 5. The van der Waals surface area contributed by atoms with E-state index in [1.807, 2.05) is 0 Å². The molecule has 0 fully saturated rings. The minimum absolute atomic E-state index is 0.708. The van der Waals surface area contributed by atoms with Crippen LogP contribution in [0.3, 0.4) is 0 Å². The van der Waals surface area contributed by atoms with E-state index in [0.717, 1.165) is 0 Å². The average Bonchev–Trinajstić information content (AvgIpc) is 1.83. The molecule has 0 saturated carbocycles. The number of rotatable bonds is 2. The van der Waals surface area contributed by atoms with Crippen LogP contribution in [0.1, 0.15) is 6.42 Å². The molecule has 0 rings (SSSR count). The highest BCUT2D eigenvalue weighted by Gasteiger charge is 2.45. The van der Waals surface area contributed by atoms with Crippen LogP contribution < -0.4 is 0 Å². The van der Waals surface area contributed by atoms with Crippen molar-refractivity contribution in [3.63, 3.8) is 0 Å². The van der Waals surface area contributed by atoms with E-state index in [-0.39, 0.29) is 0 Å². The third-order valence-corrected chi connectivity index (χ3v) is 0.906. The lowest BCUT2D eigenvalue weighted by Gasteiger charge is -2.14. The number of alkyl halides is 5. The molecule has 0 saturated heterocycles. The van der Waals surface area contributed by atoms with E-state index in [9.17, 15) is 22.0 Å². The smallest absolute Gasteiger partial charge is 0.244 e. The van der Waals surface area contributed by atoms with Gasteiger partial charge in [-0.2, -0.15) is 13.2 Å². The predicted molar refractivity (Wildman–Crippen MR) is 25.8 cm³/mol. The molecule has 0 N–H and O–H groups in total. The van der Waals surface area contributed by atoms with Gasteiger partial charge in [0.15, 0.2) is 0 Å². The van der Waals surface area contributed by atoms with Gasteiger partial charge in [-0.3, -0.25) is 0 Å². The highest BCUT2D eigenvalue weighted by molar-refractivity contribution is 4.75. The minimum Gasteiger partial charge on any atom is -0.244 e. The highest BCUT2D eigenvalue weighted by atomic mass is 19.4. The van der Waals surface area contributed by atoms with Gasteiger partial charge in [-0.25, -0.2) is 8.78 Å². The summed E-state index contributed by atoms with van der Waals surface area (Å²) in [6, 6.07) is 0. The Kier molecular flexibility index (Phi) is 3.05. The van der Waals surface area contributed by atoms with E-state index < -0.39 is 24.9 Å². The second kappa shape index (κ2) is 3.16. The van der Waals surface area contributed by atoms with E-state index in [4.69, 9.17) is 0 Å². The molecule has 1 unspecified atom stereocenters. The van der Waals surface area contributed by atoms with E-state index in [1.165, 1.54) is 0 Å². The van der Waals surface area contributed by atoms with Crippen molar-refractivity contribution in [3.05, 3.63) is 6.92 Å². The standard InChI is InChI=1S/C5H6F5/c1-2-3(6)4(7)5(8,9)10/h3-4H,1-2H2/t3?,4-/m0/s1. The van der Waals surface area contributed by atoms with Gasteiger partial charge in [0.1, 0.15) is 6.17 Å². The van der Waals surface area contributed by atoms with Crippen LogP contribution in [0.15, 0.2) is 0 Å². The molecule has 0 aliphatic heterocycles. The second-order valence-corrected chi connectivity index (χ2v) is 1.75. The van der Waals surface area contributed by atoms with Crippen molar-refractivity contribution in [1.29, 1.82) is 0 Å². The molecule has 0 aromatic carbocycles. The van der Waals surface area contributed by atoms with Crippen molar-refractivity contribution in [2.75, 3.05) is 0 Å². The zero-order chi connectivity index (χ0) is 8.36. The third-order valence-electron chi connectivity index (χ3n) is 0.906. The zero-order valence-corrected chi connectivity index (χ0v) is 4.96. The summed E-state index contributed by atoms with van der Waals surface area (Å²) >= 11 is 0. The fraction of sp³-hybridized carbons (Fsp3) is 0.800. The number of hydrogen-bond donors (Lipinski definition) is 0. The van der Waals surface area contributed by atoms with E-state index in [1.54, 1.807) is 0 Å². The maximum atomic E-state index is 11.9. The molecule has 0 aliphatic rings. The van der Waals surface area contributed by atoms with Gasteiger partial charge >= 0.3 is 6.18 Å². The highest BCUT2D eigenvalue weighted by Crippen LogP contribution is 2.27. The Morgan fingerprint density at radius 1 is 1.20 bits per heavy atom. The van der Waals surface area contributed by atoms with Crippen molar-refractivity contribution in [2.24, 2.45) is 0 Å². The van der Waals surface area contributed by atoms with Gasteiger partial charge in [-0.15, -0.1) is 0 Å². The van der Waals surface area contributed by atoms with E-state index in [0.29, 0.717) is 0 Å². The van der Waals surface area contributed by atoms with Crippen molar-refractivity contribution < 1.29 is 22.0 Å². The monoisotopic (exact) mass is 161 g/mol. The molecule has 61 valence electrons. The Morgan fingerprint density at radius 2 is 1.60 bits per heavy atom. The fourth-order valence-electron chi connectivity index (χ4n) is 0.351. The molecule has 0 aliphatic carbocycles. The lowest BCUT2D eigenvalue weighted by atomic mass is 10.2. The van der Waals surface area contributed by atoms with Crippen LogP contribution in [0.4, 0.5) is 22.0 Å². The summed E-state index contributed by atoms with van der Waals surface area (Å²) < 4.78 is 57.4. The normalized spacial score (nSPS) is 18.6. The Bertz CT molecular complexity index is 96.7. The maximum Gasteiger partial charge on any atom is 0.422 e. The molecule has 0 amide bonds. The average molecular weight is 161 g/mol. The summed E-state index contributed by atoms with van der Waals surface area (Å²) in [6.07, 6.45) is -11.7. The first-order valence-electron chi connectivity index (χ1n) is 2.53. The molecule has 2 atom stereocenters. The molecule has 0 bridgehead atoms. The van der Waals surface area contributed by atoms with Crippen LogP contribution in [0.5, 0.6) is 0 Å². The van der Waals surface area contributed by atoms with Crippen LogP contribution in [0.25, 0.3) is 0 Å². The molecular formula is C5H6F5. The van der Waals surface area contributed by atoms with Crippen molar-refractivity contribution in [1.82, 2.24) is 0 Å². The molecule has 5 heteroatoms. The van der Waals surface area contributed by atoms with Crippen molar-refractivity contribution >= 4 is 0 Å². The molecule has 0 aromatic heterocycles. The zero-order valence-electron chi connectivity index (χ0n) is 4.96. The van der Waals surface area contributed by atoms with Crippen LogP contribution in [0, 0.1) is 6.92 Å². The summed E-state index contributed by atoms with van der Waals surface area (Å²) in [5.41, 5.74) is 0. The summed E-state index contributed by atoms with van der Waals surface area (Å²) in [5.74, 6) is 0. The summed E-state index contributed by atoms with van der Waals surface area (Å²) in [7, 11) is 0. The first kappa shape index (κ1) is 9.65. The van der Waals surface area contributed by atoms with Gasteiger partial charge in [0.05, 0.1) is 0 Å². The lowest BCUT2D eigenvalue weighted by Crippen LogP contribution is -2.33. The van der Waals surface area contributed by atoms with Gasteiger partial charge in [0.25, 0.3) is 0 Å². The van der Waals surface area contributed by atoms with Gasteiger partial charge < -0.3 is 0 Å². The molecule has 1 radical (unpaired) electrons. The molecule has 0 heterocycles. The Morgan fingerprint density at radius 3 is 1.70 bits per heavy atom. The van der Waals surface area contributed by atoms with Gasteiger partial charge in [0.2, 0.25) is 6.17 Å². The maximum absolute atomic E-state index is 11.9. The molecular weight excluding hydrogens is 155 g/mol. The largest absolute Gasteiger partial charge is 0.422 e. The van der Waals surface area contributed by atoms with Crippen LogP contribution in [0.2, 0.25) is 0 Å². The summed E-state index contributed by atoms with van der Waals surface area (Å²) in [4.78, 5) is 0. The summed E-state index contributed by atoms with van der Waals surface area (Å²) in [6.45, 7) is 2.81. The minimum atomic E-state index is -5.10. The SMILES string of the molecule is [CH2]CC(F)[C@H](F)C(F)(F)F. The first-order valence-corrected chi connectivity index (χ1v) is 2.53. The second-order valence-electron chi connectivity index (χ2n) is 1.75. The predicted octanol–water partition coefficient (Wildman–Crippen LogP) is 2.45. The van der Waals surface area contributed by atoms with Gasteiger partial charge in [-0.05, 0) is 6.42 Å². The van der Waals surface area contributed by atoms with Gasteiger partial charge in [-0.1, -0.05) is 6.92 Å². The molecule has 0 spiro atoms. The lowest BCUT2D eigenvalue weighted by molar-refractivity contribution is -0.195. The topological polar surface area (TPSA) is 0 Å².